The maximum atomic E-state index is 3.73. The van der Waals surface area contributed by atoms with Crippen LogP contribution in [-0.2, 0) is 5.41 Å². The maximum absolute atomic E-state index is 3.73. The van der Waals surface area contributed by atoms with Crippen LogP contribution in [0.3, 0.4) is 0 Å². The third-order valence-corrected chi connectivity index (χ3v) is 6.89. The van der Waals surface area contributed by atoms with Gasteiger partial charge in [0.25, 0.3) is 0 Å². The highest BCUT2D eigenvalue weighted by Gasteiger charge is 2.43. The Morgan fingerprint density at radius 2 is 1.13 bits per heavy atom. The fourth-order valence-electron chi connectivity index (χ4n) is 5.27. The Labute approximate surface area is 185 Å². The second-order valence-electron chi connectivity index (χ2n) is 7.88. The molecule has 0 amide bonds. The summed E-state index contributed by atoms with van der Waals surface area (Å²) in [7, 11) is 0. The van der Waals surface area contributed by atoms with E-state index in [1.165, 1.54) is 44.2 Å². The molecule has 1 aliphatic carbocycles. The van der Waals surface area contributed by atoms with Crippen molar-refractivity contribution in [1.29, 1.82) is 0 Å². The lowest BCUT2D eigenvalue weighted by Gasteiger charge is -2.42. The maximum Gasteiger partial charge on any atom is 0.0714 e. The van der Waals surface area contributed by atoms with Crippen LogP contribution in [0.2, 0.25) is 0 Å². The predicted molar refractivity (Wildman–Crippen MR) is 129 cm³/mol. The van der Waals surface area contributed by atoms with E-state index in [1.807, 2.05) is 0 Å². The van der Waals surface area contributed by atoms with Crippen molar-refractivity contribution in [3.05, 3.63) is 142 Å². The summed E-state index contributed by atoms with van der Waals surface area (Å²) in [4.78, 5) is 0. The molecule has 0 radical (unpaired) electrons. The molecule has 5 aromatic rings. The molecule has 142 valence electrons. The van der Waals surface area contributed by atoms with Gasteiger partial charge in [-0.05, 0) is 56.3 Å². The molecule has 1 unspecified atom stereocenters. The van der Waals surface area contributed by atoms with Gasteiger partial charge in [0.1, 0.15) is 0 Å². The number of fused-ring (bicyclic) bond motifs is 2. The van der Waals surface area contributed by atoms with Gasteiger partial charge in [0.15, 0.2) is 0 Å². The fraction of sp³-hybridized carbons (Fsp3) is 0.0345. The normalized spacial score (nSPS) is 17.0. The van der Waals surface area contributed by atoms with Gasteiger partial charge in [0.2, 0.25) is 0 Å². The number of hydrogen-bond donors (Lipinski definition) is 0. The molecule has 1 aliphatic rings. The van der Waals surface area contributed by atoms with Gasteiger partial charge in [-0.3, -0.25) is 0 Å². The minimum atomic E-state index is -0.379. The quantitative estimate of drug-likeness (QED) is 0.253. The van der Waals surface area contributed by atoms with E-state index < -0.39 is 0 Å². The van der Waals surface area contributed by atoms with Gasteiger partial charge in [0.05, 0.1) is 5.41 Å². The van der Waals surface area contributed by atoms with E-state index in [0.717, 1.165) is 4.47 Å². The summed E-state index contributed by atoms with van der Waals surface area (Å²) in [6.45, 7) is 0. The van der Waals surface area contributed by atoms with Gasteiger partial charge in [-0.25, -0.2) is 0 Å². The van der Waals surface area contributed by atoms with Gasteiger partial charge in [-0.1, -0.05) is 119 Å². The molecule has 0 aliphatic heterocycles. The van der Waals surface area contributed by atoms with Crippen molar-refractivity contribution in [2.24, 2.45) is 0 Å². The first kappa shape index (κ1) is 17.7. The summed E-state index contributed by atoms with van der Waals surface area (Å²) in [6.07, 6.45) is 0. The Hall–Kier alpha value is -3.16. The van der Waals surface area contributed by atoms with Crippen molar-refractivity contribution < 1.29 is 0 Å². The van der Waals surface area contributed by atoms with Crippen molar-refractivity contribution in [3.63, 3.8) is 0 Å². The van der Waals surface area contributed by atoms with Crippen LogP contribution in [0.25, 0.3) is 21.9 Å². The van der Waals surface area contributed by atoms with Crippen molar-refractivity contribution in [1.82, 2.24) is 0 Å². The first-order chi connectivity index (χ1) is 14.8. The van der Waals surface area contributed by atoms with Gasteiger partial charge >= 0.3 is 0 Å². The van der Waals surface area contributed by atoms with Crippen LogP contribution in [-0.4, -0.2) is 0 Å². The van der Waals surface area contributed by atoms with Crippen LogP contribution in [0.5, 0.6) is 0 Å². The van der Waals surface area contributed by atoms with Crippen molar-refractivity contribution in [2.45, 2.75) is 5.41 Å². The monoisotopic (exact) mass is 446 g/mol. The Morgan fingerprint density at radius 3 is 1.97 bits per heavy atom. The standard InChI is InChI=1S/C29H19Br/c30-23-14-8-13-22(19-23)29(21-11-2-1-3-12-21)26-17-5-4-15-24(26)25-16-6-9-20-10-7-18-27(29)28(20)25/h1-19H. The summed E-state index contributed by atoms with van der Waals surface area (Å²) in [5.74, 6) is 0. The molecule has 0 N–H and O–H groups in total. The zero-order valence-corrected chi connectivity index (χ0v) is 17.9. The molecular weight excluding hydrogens is 428 g/mol. The lowest BCUT2D eigenvalue weighted by Crippen LogP contribution is -2.33. The molecule has 6 rings (SSSR count). The molecule has 0 heterocycles. The molecule has 0 aromatic heterocycles. The highest BCUT2D eigenvalue weighted by Crippen LogP contribution is 2.55. The molecule has 1 heteroatoms. The molecular formula is C29H19Br. The van der Waals surface area contributed by atoms with E-state index >= 15 is 0 Å². The van der Waals surface area contributed by atoms with Crippen molar-refractivity contribution in [3.8, 4) is 11.1 Å². The van der Waals surface area contributed by atoms with Crippen LogP contribution < -0.4 is 0 Å². The minimum absolute atomic E-state index is 0.379. The summed E-state index contributed by atoms with van der Waals surface area (Å²) in [6, 6.07) is 42.0. The Kier molecular flexibility index (Phi) is 3.94. The third kappa shape index (κ3) is 2.33. The average molecular weight is 447 g/mol. The van der Waals surface area contributed by atoms with E-state index in [0.29, 0.717) is 0 Å². The molecule has 0 saturated heterocycles. The molecule has 30 heavy (non-hydrogen) atoms. The Bertz CT molecular complexity index is 1400. The lowest BCUT2D eigenvalue weighted by atomic mass is 9.59. The SMILES string of the molecule is Brc1cccc(C2(c3ccccc3)c3ccccc3-c3cccc4cccc2c34)c1. The zero-order chi connectivity index (χ0) is 20.1. The Morgan fingerprint density at radius 1 is 0.500 bits per heavy atom. The molecule has 0 nitrogen and oxygen atoms in total. The van der Waals surface area contributed by atoms with Gasteiger partial charge in [-0.2, -0.15) is 0 Å². The summed E-state index contributed by atoms with van der Waals surface area (Å²) >= 11 is 3.73. The van der Waals surface area contributed by atoms with Gasteiger partial charge in [-0.15, -0.1) is 0 Å². The predicted octanol–water partition coefficient (Wildman–Crippen LogP) is 7.97. The number of benzene rings is 5. The molecule has 0 saturated carbocycles. The smallest absolute Gasteiger partial charge is 0.0622 e. The van der Waals surface area contributed by atoms with Crippen molar-refractivity contribution in [2.75, 3.05) is 0 Å². The summed E-state index contributed by atoms with van der Waals surface area (Å²) in [5.41, 5.74) is 7.50. The Balaban J connectivity index is 1.90. The first-order valence-corrected chi connectivity index (χ1v) is 11.0. The fourth-order valence-corrected chi connectivity index (χ4v) is 5.67. The van der Waals surface area contributed by atoms with E-state index in [1.54, 1.807) is 0 Å². The summed E-state index contributed by atoms with van der Waals surface area (Å²) in [5, 5.41) is 2.64. The average Bonchev–Trinajstić information content (AvgIpc) is 2.80. The van der Waals surface area contributed by atoms with Crippen LogP contribution >= 0.6 is 15.9 Å². The van der Waals surface area contributed by atoms with E-state index in [9.17, 15) is 0 Å². The van der Waals surface area contributed by atoms with E-state index in [4.69, 9.17) is 0 Å². The van der Waals surface area contributed by atoms with Crippen LogP contribution in [0.4, 0.5) is 0 Å². The van der Waals surface area contributed by atoms with Crippen molar-refractivity contribution >= 4 is 26.7 Å². The third-order valence-electron chi connectivity index (χ3n) is 6.39. The molecule has 0 bridgehead atoms. The highest BCUT2D eigenvalue weighted by molar-refractivity contribution is 9.10. The molecule has 0 fully saturated rings. The van der Waals surface area contributed by atoms with E-state index in [-0.39, 0.29) is 5.41 Å². The number of halogens is 1. The number of rotatable bonds is 2. The van der Waals surface area contributed by atoms with Gasteiger partial charge < -0.3 is 0 Å². The van der Waals surface area contributed by atoms with E-state index in [2.05, 4.69) is 131 Å². The molecule has 5 aromatic carbocycles. The van der Waals surface area contributed by atoms with Crippen LogP contribution in [0.15, 0.2) is 120 Å². The van der Waals surface area contributed by atoms with Gasteiger partial charge in [0, 0.05) is 4.47 Å². The van der Waals surface area contributed by atoms with Crippen LogP contribution in [0, 0.1) is 0 Å². The minimum Gasteiger partial charge on any atom is -0.0622 e. The molecule has 0 spiro atoms. The first-order valence-electron chi connectivity index (χ1n) is 10.2. The summed E-state index contributed by atoms with van der Waals surface area (Å²) < 4.78 is 1.10. The topological polar surface area (TPSA) is 0 Å². The van der Waals surface area contributed by atoms with Crippen LogP contribution in [0.1, 0.15) is 22.3 Å². The second-order valence-corrected chi connectivity index (χ2v) is 8.80. The molecule has 1 atom stereocenters. The zero-order valence-electron chi connectivity index (χ0n) is 16.3. The lowest BCUT2D eigenvalue weighted by molar-refractivity contribution is 0.749. The second kappa shape index (κ2) is 6.68. The number of hydrogen-bond acceptors (Lipinski definition) is 0. The highest BCUT2D eigenvalue weighted by atomic mass is 79.9. The largest absolute Gasteiger partial charge is 0.0714 e.